The van der Waals surface area contributed by atoms with Gasteiger partial charge in [0.05, 0.1) is 12.1 Å². The summed E-state index contributed by atoms with van der Waals surface area (Å²) in [6.07, 6.45) is 5.17. The summed E-state index contributed by atoms with van der Waals surface area (Å²) in [5, 5.41) is 6.30. The molecule has 1 saturated carbocycles. The van der Waals surface area contributed by atoms with Gasteiger partial charge in [0.25, 0.3) is 5.91 Å². The third-order valence-electron chi connectivity index (χ3n) is 4.43. The average Bonchev–Trinajstić information content (AvgIpc) is 2.92. The Kier molecular flexibility index (Phi) is 3.92. The number of carbonyl (C=O) groups is 1. The van der Waals surface area contributed by atoms with Crippen molar-refractivity contribution in [1.29, 1.82) is 0 Å². The highest BCUT2D eigenvalue weighted by Crippen LogP contribution is 2.36. The lowest BCUT2D eigenvalue weighted by molar-refractivity contribution is 0.0957. The van der Waals surface area contributed by atoms with Crippen LogP contribution in [0, 0.1) is 5.92 Å². The predicted octanol–water partition coefficient (Wildman–Crippen LogP) is 2.26. The Morgan fingerprint density at radius 3 is 2.90 bits per heavy atom. The summed E-state index contributed by atoms with van der Waals surface area (Å²) in [6, 6.07) is 6.36. The molecule has 1 aliphatic carbocycles. The molecule has 1 heterocycles. The zero-order chi connectivity index (χ0) is 13.9. The van der Waals surface area contributed by atoms with Crippen molar-refractivity contribution in [3.8, 4) is 5.75 Å². The number of hydrogen-bond donors (Lipinski definition) is 2. The Morgan fingerprint density at radius 2 is 2.15 bits per heavy atom. The Hall–Kier alpha value is -1.55. The highest BCUT2D eigenvalue weighted by Gasteiger charge is 2.26. The first kappa shape index (κ1) is 13.4. The maximum Gasteiger partial charge on any atom is 0.255 e. The van der Waals surface area contributed by atoms with Crippen molar-refractivity contribution >= 4 is 5.91 Å². The minimum absolute atomic E-state index is 0.0272. The standard InChI is InChI=1S/C16H22N2O2/c1-17-15(11-4-2-3-5-11)12-6-7-14-13(10-12)16(19)18-8-9-20-14/h6-7,10-11,15,17H,2-5,8-9H2,1H3,(H,18,19). The molecule has 108 valence electrons. The molecule has 4 heteroatoms. The molecule has 4 nitrogen and oxygen atoms in total. The number of amides is 1. The summed E-state index contributed by atoms with van der Waals surface area (Å²) in [5.74, 6) is 1.35. The van der Waals surface area contributed by atoms with Crippen LogP contribution in [0.5, 0.6) is 5.75 Å². The molecule has 0 saturated heterocycles. The maximum absolute atomic E-state index is 12.1. The van der Waals surface area contributed by atoms with Crippen molar-refractivity contribution in [2.75, 3.05) is 20.2 Å². The second-order valence-corrected chi connectivity index (χ2v) is 5.67. The number of fused-ring (bicyclic) bond motifs is 1. The van der Waals surface area contributed by atoms with Gasteiger partial charge in [0, 0.05) is 6.04 Å². The molecule has 1 aromatic carbocycles. The molecule has 0 aromatic heterocycles. The lowest BCUT2D eigenvalue weighted by Crippen LogP contribution is -2.26. The summed E-state index contributed by atoms with van der Waals surface area (Å²) in [6.45, 7) is 1.11. The van der Waals surface area contributed by atoms with Gasteiger partial charge in [0.1, 0.15) is 12.4 Å². The average molecular weight is 274 g/mol. The van der Waals surface area contributed by atoms with E-state index in [0.29, 0.717) is 36.4 Å². The lowest BCUT2D eigenvalue weighted by Gasteiger charge is -2.24. The summed E-state index contributed by atoms with van der Waals surface area (Å²) >= 11 is 0. The molecule has 1 aliphatic heterocycles. The number of carbonyl (C=O) groups excluding carboxylic acids is 1. The SMILES string of the molecule is CNC(c1ccc2c(c1)C(=O)NCCO2)C1CCCC1. The Balaban J connectivity index is 1.91. The zero-order valence-corrected chi connectivity index (χ0v) is 11.9. The number of nitrogens with one attached hydrogen (secondary N) is 2. The van der Waals surface area contributed by atoms with Gasteiger partial charge in [0.2, 0.25) is 0 Å². The van der Waals surface area contributed by atoms with Crippen LogP contribution in [0.25, 0.3) is 0 Å². The molecule has 2 aliphatic rings. The first-order valence-electron chi connectivity index (χ1n) is 7.52. The van der Waals surface area contributed by atoms with Gasteiger partial charge in [-0.2, -0.15) is 0 Å². The summed E-state index contributed by atoms with van der Waals surface area (Å²) in [5.41, 5.74) is 1.86. The molecule has 1 atom stereocenters. The fourth-order valence-corrected chi connectivity index (χ4v) is 3.43. The summed E-state index contributed by atoms with van der Waals surface area (Å²) in [7, 11) is 2.01. The molecule has 3 rings (SSSR count). The van der Waals surface area contributed by atoms with Crippen LogP contribution in [0.3, 0.4) is 0 Å². The van der Waals surface area contributed by atoms with Gasteiger partial charge in [0.15, 0.2) is 0 Å². The van der Waals surface area contributed by atoms with E-state index in [1.54, 1.807) is 0 Å². The largest absolute Gasteiger partial charge is 0.491 e. The van der Waals surface area contributed by atoms with Crippen LogP contribution in [-0.4, -0.2) is 26.1 Å². The highest BCUT2D eigenvalue weighted by molar-refractivity contribution is 5.97. The maximum atomic E-state index is 12.1. The quantitative estimate of drug-likeness (QED) is 0.889. The van der Waals surface area contributed by atoms with E-state index in [1.165, 1.54) is 31.2 Å². The van der Waals surface area contributed by atoms with Crippen LogP contribution in [0.2, 0.25) is 0 Å². The smallest absolute Gasteiger partial charge is 0.255 e. The first-order valence-corrected chi connectivity index (χ1v) is 7.52. The molecule has 0 radical (unpaired) electrons. The minimum Gasteiger partial charge on any atom is -0.491 e. The molecule has 2 N–H and O–H groups in total. The number of hydrogen-bond acceptors (Lipinski definition) is 3. The van der Waals surface area contributed by atoms with Crippen LogP contribution < -0.4 is 15.4 Å². The van der Waals surface area contributed by atoms with E-state index < -0.39 is 0 Å². The molecular formula is C16H22N2O2. The minimum atomic E-state index is -0.0272. The van der Waals surface area contributed by atoms with Crippen molar-refractivity contribution in [3.05, 3.63) is 29.3 Å². The van der Waals surface area contributed by atoms with Crippen LogP contribution in [-0.2, 0) is 0 Å². The third-order valence-corrected chi connectivity index (χ3v) is 4.43. The molecule has 1 unspecified atom stereocenters. The number of ether oxygens (including phenoxy) is 1. The van der Waals surface area contributed by atoms with Gasteiger partial charge in [-0.3, -0.25) is 4.79 Å². The van der Waals surface area contributed by atoms with E-state index in [2.05, 4.69) is 16.7 Å². The molecule has 1 amide bonds. The van der Waals surface area contributed by atoms with Gasteiger partial charge in [-0.05, 0) is 43.5 Å². The molecule has 1 aromatic rings. The highest BCUT2D eigenvalue weighted by atomic mass is 16.5. The fraction of sp³-hybridized carbons (Fsp3) is 0.562. The van der Waals surface area contributed by atoms with Crippen LogP contribution in [0.15, 0.2) is 18.2 Å². The van der Waals surface area contributed by atoms with Crippen molar-refractivity contribution < 1.29 is 9.53 Å². The van der Waals surface area contributed by atoms with Gasteiger partial charge >= 0.3 is 0 Å². The lowest BCUT2D eigenvalue weighted by atomic mass is 9.90. The number of rotatable bonds is 3. The van der Waals surface area contributed by atoms with Crippen molar-refractivity contribution in [3.63, 3.8) is 0 Å². The van der Waals surface area contributed by atoms with Crippen LogP contribution >= 0.6 is 0 Å². The van der Waals surface area contributed by atoms with E-state index >= 15 is 0 Å². The van der Waals surface area contributed by atoms with Crippen molar-refractivity contribution in [2.24, 2.45) is 5.92 Å². The van der Waals surface area contributed by atoms with Gasteiger partial charge in [-0.25, -0.2) is 0 Å². The van der Waals surface area contributed by atoms with Gasteiger partial charge in [-0.1, -0.05) is 18.9 Å². The van der Waals surface area contributed by atoms with Crippen LogP contribution in [0.1, 0.15) is 47.6 Å². The van der Waals surface area contributed by atoms with Crippen LogP contribution in [0.4, 0.5) is 0 Å². The second kappa shape index (κ2) is 5.83. The summed E-state index contributed by atoms with van der Waals surface area (Å²) in [4.78, 5) is 12.1. The second-order valence-electron chi connectivity index (χ2n) is 5.67. The normalized spacial score (nSPS) is 20.8. The van der Waals surface area contributed by atoms with E-state index in [1.807, 2.05) is 19.2 Å². The van der Waals surface area contributed by atoms with E-state index in [-0.39, 0.29) is 5.91 Å². The van der Waals surface area contributed by atoms with E-state index in [9.17, 15) is 4.79 Å². The number of benzene rings is 1. The van der Waals surface area contributed by atoms with E-state index in [4.69, 9.17) is 4.74 Å². The zero-order valence-electron chi connectivity index (χ0n) is 11.9. The third kappa shape index (κ3) is 2.52. The van der Waals surface area contributed by atoms with Gasteiger partial charge < -0.3 is 15.4 Å². The molecule has 0 spiro atoms. The Labute approximate surface area is 119 Å². The molecular weight excluding hydrogens is 252 g/mol. The molecule has 20 heavy (non-hydrogen) atoms. The fourth-order valence-electron chi connectivity index (χ4n) is 3.43. The molecule has 0 bridgehead atoms. The topological polar surface area (TPSA) is 50.4 Å². The van der Waals surface area contributed by atoms with Gasteiger partial charge in [-0.15, -0.1) is 0 Å². The van der Waals surface area contributed by atoms with Crippen molar-refractivity contribution in [1.82, 2.24) is 10.6 Å². The van der Waals surface area contributed by atoms with E-state index in [0.717, 1.165) is 0 Å². The Bertz CT molecular complexity index is 495. The monoisotopic (exact) mass is 274 g/mol. The Morgan fingerprint density at radius 1 is 1.35 bits per heavy atom. The molecule has 1 fully saturated rings. The van der Waals surface area contributed by atoms with Crippen molar-refractivity contribution in [2.45, 2.75) is 31.7 Å². The summed E-state index contributed by atoms with van der Waals surface area (Å²) < 4.78 is 5.61. The first-order chi connectivity index (χ1) is 9.79. The predicted molar refractivity (Wildman–Crippen MR) is 78.0 cm³/mol.